The van der Waals surface area contributed by atoms with Crippen molar-refractivity contribution in [1.29, 1.82) is 0 Å². The molecule has 6 aromatic carbocycles. The molecule has 0 aliphatic carbocycles. The summed E-state index contributed by atoms with van der Waals surface area (Å²) >= 11 is 1.74. The molecule has 276 valence electrons. The van der Waals surface area contributed by atoms with Gasteiger partial charge in [0.25, 0.3) is 0 Å². The second-order valence-corrected chi connectivity index (χ2v) is 26.5. The third-order valence-corrected chi connectivity index (χ3v) is 9.37. The molecule has 0 radical (unpaired) electrons. The van der Waals surface area contributed by atoms with E-state index in [0.29, 0.717) is 11.8 Å². The molecule has 4 heteroatoms. The van der Waals surface area contributed by atoms with E-state index in [1.807, 2.05) is 0 Å². The van der Waals surface area contributed by atoms with Crippen LogP contribution >= 0.6 is 0 Å². The molecule has 0 saturated carbocycles. The zero-order chi connectivity index (χ0) is 37.0. The van der Waals surface area contributed by atoms with E-state index in [1.54, 1.807) is 23.3 Å². The molecule has 52 heavy (non-hydrogen) atoms. The molecule has 0 bridgehead atoms. The van der Waals surface area contributed by atoms with Gasteiger partial charge in [0.2, 0.25) is 0 Å². The van der Waals surface area contributed by atoms with Crippen molar-refractivity contribution < 1.29 is 48.1 Å². The van der Waals surface area contributed by atoms with Crippen LogP contribution < -0.4 is 24.8 Å². The SMILES string of the molecule is CC(C)c1cc2c(-c3ccc(C(C)(C)C)cc3)cccc2[cH-]1.C[Si](C)=[Zr+2].Cc1ccc(-c2ccc(C(C)(C)C)cc2)c2cc(CC(C)C)[cH-]c12.[Cl-].[Cl-]. The molecule has 0 aliphatic heterocycles. The molecular formula is C48H60Cl2SiZr-2. The van der Waals surface area contributed by atoms with Crippen molar-refractivity contribution >= 4 is 27.0 Å². The van der Waals surface area contributed by atoms with Crippen LogP contribution in [0.2, 0.25) is 13.1 Å². The molecule has 0 aliphatic rings. The Hall–Kier alpha value is -2.22. The standard InChI is InChI=1S/C24H29.C22H25.C2H6Si.2ClH.Zr/c1-16(2)13-18-14-22-17(3)7-12-21(23(22)15-18)19-8-10-20(11-9-19)24(4,5)6;1-15(2)18-13-17-7-6-8-20(21(17)14-18)16-9-11-19(12-10-16)22(3,4)5;1-3-2;;;/h7-12,14-16H,13H2,1-6H3;6-15H,1-5H3;1-2H3;2*1H;/q2*-1;;;;+2/p-2. The predicted molar refractivity (Wildman–Crippen MR) is 222 cm³/mol. The number of rotatable bonds is 5. The van der Waals surface area contributed by atoms with Crippen LogP contribution in [-0.4, -0.2) is 5.43 Å². The number of fused-ring (bicyclic) bond motifs is 2. The first kappa shape index (κ1) is 45.9. The molecule has 0 aromatic heterocycles. The van der Waals surface area contributed by atoms with Gasteiger partial charge >= 0.3 is 41.9 Å². The van der Waals surface area contributed by atoms with Crippen LogP contribution in [0.1, 0.15) is 103 Å². The molecule has 0 saturated heterocycles. The van der Waals surface area contributed by atoms with E-state index in [-0.39, 0.29) is 41.1 Å². The Morgan fingerprint density at radius 2 is 1.12 bits per heavy atom. The maximum absolute atomic E-state index is 2.40. The van der Waals surface area contributed by atoms with Crippen molar-refractivity contribution in [1.82, 2.24) is 0 Å². The van der Waals surface area contributed by atoms with Crippen LogP contribution in [0.4, 0.5) is 0 Å². The summed E-state index contributed by atoms with van der Waals surface area (Å²) < 4.78 is 0. The Balaban J connectivity index is 0.000000316. The van der Waals surface area contributed by atoms with Crippen LogP contribution in [0.3, 0.4) is 0 Å². The van der Waals surface area contributed by atoms with Crippen molar-refractivity contribution in [3.8, 4) is 22.3 Å². The zero-order valence-electron chi connectivity index (χ0n) is 33.9. The Labute approximate surface area is 344 Å². The van der Waals surface area contributed by atoms with Gasteiger partial charge in [0.15, 0.2) is 0 Å². The molecular weight excluding hydrogens is 767 g/mol. The minimum Gasteiger partial charge on any atom is -1.00 e. The van der Waals surface area contributed by atoms with Crippen LogP contribution in [0.15, 0.2) is 103 Å². The van der Waals surface area contributed by atoms with Crippen molar-refractivity contribution in [3.63, 3.8) is 0 Å². The summed E-state index contributed by atoms with van der Waals surface area (Å²) in [5.41, 5.74) is 13.0. The van der Waals surface area contributed by atoms with Gasteiger partial charge in [-0.3, -0.25) is 0 Å². The molecule has 6 aromatic rings. The van der Waals surface area contributed by atoms with Gasteiger partial charge in [-0.15, -0.1) is 68.6 Å². The fraction of sp³-hybridized carbons (Fsp3) is 0.375. The minimum absolute atomic E-state index is 0. The van der Waals surface area contributed by atoms with E-state index in [1.165, 1.54) is 71.6 Å². The Bertz CT molecular complexity index is 2020. The molecule has 0 heterocycles. The number of hydrogen-bond donors (Lipinski definition) is 0. The van der Waals surface area contributed by atoms with Crippen molar-refractivity contribution in [2.75, 3.05) is 0 Å². The van der Waals surface area contributed by atoms with E-state index in [2.05, 4.69) is 192 Å². The molecule has 6 rings (SSSR count). The number of benzene rings is 4. The first-order valence-electron chi connectivity index (χ1n) is 18.5. The summed E-state index contributed by atoms with van der Waals surface area (Å²) in [7, 11) is 0. The second kappa shape index (κ2) is 19.4. The van der Waals surface area contributed by atoms with E-state index in [0.717, 1.165) is 6.42 Å². The Morgan fingerprint density at radius 1 is 0.635 bits per heavy atom. The average molecular weight is 827 g/mol. The summed E-state index contributed by atoms with van der Waals surface area (Å²) in [6.45, 7) is 29.5. The molecule has 0 fully saturated rings. The Kier molecular flexibility index (Phi) is 17.1. The van der Waals surface area contributed by atoms with Gasteiger partial charge in [0.1, 0.15) is 0 Å². The second-order valence-electron chi connectivity index (χ2n) is 17.1. The zero-order valence-corrected chi connectivity index (χ0v) is 38.9. The van der Waals surface area contributed by atoms with Crippen LogP contribution in [0.5, 0.6) is 0 Å². The molecule has 0 atom stereocenters. The summed E-state index contributed by atoms with van der Waals surface area (Å²) in [6, 6.07) is 38.8. The maximum atomic E-state index is 2.40. The Morgan fingerprint density at radius 3 is 1.56 bits per heavy atom. The quantitative estimate of drug-likeness (QED) is 0.121. The van der Waals surface area contributed by atoms with Gasteiger partial charge in [-0.1, -0.05) is 148 Å². The number of hydrogen-bond acceptors (Lipinski definition) is 0. The molecule has 0 N–H and O–H groups in total. The van der Waals surface area contributed by atoms with E-state index >= 15 is 0 Å². The monoisotopic (exact) mass is 824 g/mol. The topological polar surface area (TPSA) is 0 Å². The van der Waals surface area contributed by atoms with E-state index < -0.39 is 0 Å². The summed E-state index contributed by atoms with van der Waals surface area (Å²) in [4.78, 5) is 0. The van der Waals surface area contributed by atoms with Gasteiger partial charge in [-0.05, 0) is 51.3 Å². The number of aryl methyl sites for hydroxylation is 1. The molecule has 0 spiro atoms. The van der Waals surface area contributed by atoms with Crippen molar-refractivity contribution in [2.45, 2.75) is 112 Å². The fourth-order valence-corrected chi connectivity index (χ4v) is 6.49. The van der Waals surface area contributed by atoms with Crippen molar-refractivity contribution in [2.24, 2.45) is 5.92 Å². The molecule has 0 amide bonds. The smallest absolute Gasteiger partial charge is 0.0132 e. The predicted octanol–water partition coefficient (Wildman–Crippen LogP) is 8.47. The van der Waals surface area contributed by atoms with E-state index in [4.69, 9.17) is 0 Å². The van der Waals surface area contributed by atoms with E-state index in [9.17, 15) is 0 Å². The fourth-order valence-electron chi connectivity index (χ4n) is 6.49. The third kappa shape index (κ3) is 12.1. The van der Waals surface area contributed by atoms with Gasteiger partial charge in [-0.2, -0.15) is 12.1 Å². The van der Waals surface area contributed by atoms with Gasteiger partial charge in [0.05, 0.1) is 0 Å². The van der Waals surface area contributed by atoms with Crippen LogP contribution in [0, 0.1) is 12.8 Å². The normalized spacial score (nSPS) is 11.4. The van der Waals surface area contributed by atoms with Gasteiger partial charge in [-0.25, -0.2) is 0 Å². The minimum atomic E-state index is 0. The first-order valence-corrected chi connectivity index (χ1v) is 24.7. The van der Waals surface area contributed by atoms with Gasteiger partial charge < -0.3 is 24.8 Å². The summed E-state index contributed by atoms with van der Waals surface area (Å²) in [5, 5.41) is 5.52. The van der Waals surface area contributed by atoms with Crippen LogP contribution in [0.25, 0.3) is 43.8 Å². The first-order chi connectivity index (χ1) is 23.3. The van der Waals surface area contributed by atoms with Crippen molar-refractivity contribution in [3.05, 3.63) is 131 Å². The largest absolute Gasteiger partial charge is 1.00 e. The maximum Gasteiger partial charge on any atom is -0.0132 e. The van der Waals surface area contributed by atoms with Gasteiger partial charge in [0, 0.05) is 0 Å². The number of halogens is 2. The van der Waals surface area contributed by atoms with Crippen LogP contribution in [-0.2, 0) is 40.6 Å². The summed E-state index contributed by atoms with van der Waals surface area (Å²) in [6.07, 6.45) is 1.15. The summed E-state index contributed by atoms with van der Waals surface area (Å²) in [5.74, 6) is 1.26. The molecule has 0 unspecified atom stereocenters. The molecule has 0 nitrogen and oxygen atoms in total. The average Bonchev–Trinajstić information content (AvgIpc) is 3.66. The third-order valence-electron chi connectivity index (χ3n) is 9.37.